The topological polar surface area (TPSA) is 98.0 Å². The fourth-order valence-corrected chi connectivity index (χ4v) is 1.08. The molecule has 1 rings (SSSR count). The molecule has 0 aliphatic carbocycles. The Hall–Kier alpha value is -1.85. The summed E-state index contributed by atoms with van der Waals surface area (Å²) >= 11 is 0. The van der Waals surface area contributed by atoms with E-state index in [1.54, 1.807) is 0 Å². The van der Waals surface area contributed by atoms with Crippen molar-refractivity contribution >= 4 is 5.97 Å². The summed E-state index contributed by atoms with van der Waals surface area (Å²) in [5.41, 5.74) is -1.15. The Morgan fingerprint density at radius 2 is 1.80 bits per heavy atom. The van der Waals surface area contributed by atoms with Crippen LogP contribution < -0.4 is 0 Å². The SMILES string of the molecule is C=C(C(=O)O)C(O)(O)c1ccccc1O. The lowest BCUT2D eigenvalue weighted by Crippen LogP contribution is -2.31. The number of hydrogen-bond donors (Lipinski definition) is 4. The van der Waals surface area contributed by atoms with E-state index in [4.69, 9.17) is 5.11 Å². The summed E-state index contributed by atoms with van der Waals surface area (Å²) in [6.45, 7) is 3.03. The molecule has 0 aromatic heterocycles. The van der Waals surface area contributed by atoms with Crippen LogP contribution in [-0.4, -0.2) is 26.4 Å². The highest BCUT2D eigenvalue weighted by Crippen LogP contribution is 2.31. The van der Waals surface area contributed by atoms with Crippen LogP contribution in [0.2, 0.25) is 0 Å². The molecule has 1 aromatic carbocycles. The van der Waals surface area contributed by atoms with E-state index in [1.807, 2.05) is 0 Å². The summed E-state index contributed by atoms with van der Waals surface area (Å²) < 4.78 is 0. The monoisotopic (exact) mass is 210 g/mol. The number of aromatic hydroxyl groups is 1. The first kappa shape index (κ1) is 11.2. The largest absolute Gasteiger partial charge is 0.507 e. The highest BCUT2D eigenvalue weighted by molar-refractivity contribution is 5.88. The minimum atomic E-state index is -2.78. The second-order valence-corrected chi connectivity index (χ2v) is 2.97. The Kier molecular flexibility index (Phi) is 2.78. The summed E-state index contributed by atoms with van der Waals surface area (Å²) in [6, 6.07) is 5.32. The lowest BCUT2D eigenvalue weighted by atomic mass is 9.98. The number of aliphatic hydroxyl groups is 2. The summed E-state index contributed by atoms with van der Waals surface area (Å²) in [7, 11) is 0. The third-order valence-electron chi connectivity index (χ3n) is 1.96. The quantitative estimate of drug-likeness (QED) is 0.421. The van der Waals surface area contributed by atoms with E-state index in [9.17, 15) is 20.1 Å². The summed E-state index contributed by atoms with van der Waals surface area (Å²) in [6.07, 6.45) is 0. The van der Waals surface area contributed by atoms with Crippen molar-refractivity contribution in [2.24, 2.45) is 0 Å². The van der Waals surface area contributed by atoms with Crippen LogP contribution >= 0.6 is 0 Å². The summed E-state index contributed by atoms with van der Waals surface area (Å²) in [5.74, 6) is -4.75. The Bertz CT molecular complexity index is 408. The standard InChI is InChI=1S/C10H10O5/c1-6(9(12)13)10(14,15)7-4-2-3-5-8(7)11/h2-5,11,14-15H,1H2,(H,12,13). The zero-order valence-electron chi connectivity index (χ0n) is 7.71. The zero-order valence-corrected chi connectivity index (χ0v) is 7.71. The molecular formula is C10H10O5. The van der Waals surface area contributed by atoms with Crippen molar-refractivity contribution in [3.8, 4) is 5.75 Å². The number of carbonyl (C=O) groups is 1. The Balaban J connectivity index is 3.22. The Morgan fingerprint density at radius 3 is 2.27 bits per heavy atom. The van der Waals surface area contributed by atoms with E-state index in [2.05, 4.69) is 6.58 Å². The molecule has 80 valence electrons. The smallest absolute Gasteiger partial charge is 0.336 e. The number of phenolic OH excluding ortho intramolecular Hbond substituents is 1. The van der Waals surface area contributed by atoms with Crippen LogP contribution in [0.4, 0.5) is 0 Å². The van der Waals surface area contributed by atoms with Gasteiger partial charge in [0, 0.05) is 0 Å². The lowest BCUT2D eigenvalue weighted by Gasteiger charge is -2.22. The molecule has 0 spiro atoms. The van der Waals surface area contributed by atoms with Gasteiger partial charge in [-0.1, -0.05) is 18.7 Å². The molecule has 0 aliphatic heterocycles. The van der Waals surface area contributed by atoms with Gasteiger partial charge in [-0.3, -0.25) is 0 Å². The van der Waals surface area contributed by atoms with Gasteiger partial charge >= 0.3 is 5.97 Å². The molecule has 5 heteroatoms. The maximum Gasteiger partial charge on any atom is 0.336 e. The molecule has 0 atom stereocenters. The summed E-state index contributed by atoms with van der Waals surface area (Å²) in [5, 5.41) is 36.9. The zero-order chi connectivity index (χ0) is 11.6. The highest BCUT2D eigenvalue weighted by atomic mass is 16.5. The van der Waals surface area contributed by atoms with Crippen molar-refractivity contribution < 1.29 is 25.2 Å². The number of phenols is 1. The van der Waals surface area contributed by atoms with Gasteiger partial charge in [0.2, 0.25) is 5.79 Å². The third-order valence-corrected chi connectivity index (χ3v) is 1.96. The number of rotatable bonds is 3. The van der Waals surface area contributed by atoms with E-state index in [-0.39, 0.29) is 5.56 Å². The van der Waals surface area contributed by atoms with Crippen LogP contribution in [0, 0.1) is 0 Å². The van der Waals surface area contributed by atoms with E-state index in [0.29, 0.717) is 0 Å². The van der Waals surface area contributed by atoms with Gasteiger partial charge in [-0.2, -0.15) is 0 Å². The van der Waals surface area contributed by atoms with E-state index < -0.39 is 23.1 Å². The maximum absolute atomic E-state index is 10.5. The molecule has 0 aliphatic rings. The van der Waals surface area contributed by atoms with Crippen LogP contribution in [0.15, 0.2) is 36.4 Å². The van der Waals surface area contributed by atoms with Crippen molar-refractivity contribution in [2.75, 3.05) is 0 Å². The van der Waals surface area contributed by atoms with Crippen LogP contribution in [0.1, 0.15) is 5.56 Å². The first-order chi connectivity index (χ1) is 6.87. The molecule has 0 heterocycles. The van der Waals surface area contributed by atoms with Gasteiger partial charge in [0.1, 0.15) is 5.75 Å². The molecular weight excluding hydrogens is 200 g/mol. The number of carboxylic acids is 1. The number of aliphatic carboxylic acids is 1. The van der Waals surface area contributed by atoms with Gasteiger partial charge in [-0.15, -0.1) is 0 Å². The molecule has 0 saturated heterocycles. The number of benzene rings is 1. The Labute approximate surface area is 85.5 Å². The second kappa shape index (κ2) is 3.72. The Morgan fingerprint density at radius 1 is 1.27 bits per heavy atom. The van der Waals surface area contributed by atoms with E-state index in [1.165, 1.54) is 24.3 Å². The molecule has 0 radical (unpaired) electrons. The molecule has 0 bridgehead atoms. The molecule has 0 saturated carbocycles. The van der Waals surface area contributed by atoms with Crippen LogP contribution in [0.3, 0.4) is 0 Å². The third kappa shape index (κ3) is 1.98. The van der Waals surface area contributed by atoms with Crippen LogP contribution in [-0.2, 0) is 10.6 Å². The first-order valence-electron chi connectivity index (χ1n) is 4.03. The van der Waals surface area contributed by atoms with Crippen molar-refractivity contribution in [2.45, 2.75) is 5.79 Å². The lowest BCUT2D eigenvalue weighted by molar-refractivity contribution is -0.158. The molecule has 1 aromatic rings. The van der Waals surface area contributed by atoms with Gasteiger partial charge in [-0.05, 0) is 12.1 Å². The van der Waals surface area contributed by atoms with Gasteiger partial charge in [0.25, 0.3) is 0 Å². The van der Waals surface area contributed by atoms with Gasteiger partial charge in [-0.25, -0.2) is 4.79 Å². The molecule has 0 fully saturated rings. The first-order valence-corrected chi connectivity index (χ1v) is 4.03. The van der Waals surface area contributed by atoms with Gasteiger partial charge < -0.3 is 20.4 Å². The molecule has 15 heavy (non-hydrogen) atoms. The fraction of sp³-hybridized carbons (Fsp3) is 0.100. The second-order valence-electron chi connectivity index (χ2n) is 2.97. The van der Waals surface area contributed by atoms with Crippen LogP contribution in [0.5, 0.6) is 5.75 Å². The molecule has 4 N–H and O–H groups in total. The normalized spacial score (nSPS) is 11.1. The van der Waals surface area contributed by atoms with Crippen molar-refractivity contribution in [3.05, 3.63) is 42.0 Å². The maximum atomic E-state index is 10.5. The minimum Gasteiger partial charge on any atom is -0.507 e. The molecule has 0 unspecified atom stereocenters. The van der Waals surface area contributed by atoms with Gasteiger partial charge in [0.15, 0.2) is 0 Å². The number of hydrogen-bond acceptors (Lipinski definition) is 4. The van der Waals surface area contributed by atoms with Crippen molar-refractivity contribution in [1.29, 1.82) is 0 Å². The fourth-order valence-electron chi connectivity index (χ4n) is 1.08. The molecule has 0 amide bonds. The predicted octanol–water partition coefficient (Wildman–Crippen LogP) is 0.170. The number of para-hydroxylation sites is 1. The predicted molar refractivity (Wildman–Crippen MR) is 51.0 cm³/mol. The summed E-state index contributed by atoms with van der Waals surface area (Å²) in [4.78, 5) is 10.5. The number of carboxylic acid groups (broad SMARTS) is 1. The minimum absolute atomic E-state index is 0.322. The average Bonchev–Trinajstić information content (AvgIpc) is 2.16. The van der Waals surface area contributed by atoms with Crippen molar-refractivity contribution in [3.63, 3.8) is 0 Å². The average molecular weight is 210 g/mol. The highest BCUT2D eigenvalue weighted by Gasteiger charge is 2.36. The van der Waals surface area contributed by atoms with Gasteiger partial charge in [0.05, 0.1) is 11.1 Å². The molecule has 5 nitrogen and oxygen atoms in total. The van der Waals surface area contributed by atoms with E-state index >= 15 is 0 Å². The van der Waals surface area contributed by atoms with Crippen molar-refractivity contribution in [1.82, 2.24) is 0 Å². The van der Waals surface area contributed by atoms with E-state index in [0.717, 1.165) is 0 Å². The van der Waals surface area contributed by atoms with Crippen LogP contribution in [0.25, 0.3) is 0 Å².